The number of imide groups is 2. The molecule has 0 aromatic heterocycles. The van der Waals surface area contributed by atoms with Gasteiger partial charge < -0.3 is 10.6 Å². The summed E-state index contributed by atoms with van der Waals surface area (Å²) in [6.07, 6.45) is 2.69. The molecule has 2 saturated heterocycles. The Morgan fingerprint density at radius 2 is 1.96 bits per heavy atom. The maximum absolute atomic E-state index is 13.1. The molecule has 1 aliphatic carbocycles. The first-order valence-electron chi connectivity index (χ1n) is 9.86. The number of nitrogens with zero attached hydrogens (tertiary/aromatic N) is 1. The molecule has 0 spiro atoms. The van der Waals surface area contributed by atoms with Crippen LogP contribution in [0.1, 0.15) is 52.0 Å². The van der Waals surface area contributed by atoms with Crippen molar-refractivity contribution in [3.63, 3.8) is 0 Å². The Balaban J connectivity index is 1.36. The minimum absolute atomic E-state index is 0.121. The molecule has 5 rings (SSSR count). The number of fused-ring (bicyclic) bond motifs is 2. The van der Waals surface area contributed by atoms with Crippen LogP contribution < -0.4 is 16.0 Å². The van der Waals surface area contributed by atoms with Gasteiger partial charge in [0, 0.05) is 25.0 Å². The first-order valence-corrected chi connectivity index (χ1v) is 9.86. The van der Waals surface area contributed by atoms with E-state index in [-0.39, 0.29) is 18.7 Å². The molecule has 4 aliphatic rings. The Labute approximate surface area is 162 Å². The van der Waals surface area contributed by atoms with Crippen LogP contribution in [0.4, 0.5) is 0 Å². The zero-order valence-corrected chi connectivity index (χ0v) is 15.4. The van der Waals surface area contributed by atoms with Gasteiger partial charge >= 0.3 is 0 Å². The lowest BCUT2D eigenvalue weighted by molar-refractivity contribution is -0.136. The van der Waals surface area contributed by atoms with Crippen LogP contribution in [-0.2, 0) is 16.1 Å². The number of carbonyl (C=O) groups excluding carboxylic acids is 4. The summed E-state index contributed by atoms with van der Waals surface area (Å²) in [6.45, 7) is 1.55. The predicted molar refractivity (Wildman–Crippen MR) is 98.3 cm³/mol. The molecule has 3 N–H and O–H groups in total. The monoisotopic (exact) mass is 382 g/mol. The Morgan fingerprint density at radius 1 is 1.11 bits per heavy atom. The molecule has 3 fully saturated rings. The number of benzene rings is 1. The Hall–Kier alpha value is -2.58. The summed E-state index contributed by atoms with van der Waals surface area (Å²) in [7, 11) is 0. The molecule has 4 amide bonds. The molecule has 146 valence electrons. The molecule has 8 nitrogen and oxygen atoms in total. The molecule has 0 bridgehead atoms. The first-order chi connectivity index (χ1) is 13.6. The number of piperidine rings is 2. The highest BCUT2D eigenvalue weighted by atomic mass is 16.2. The fourth-order valence-corrected chi connectivity index (χ4v) is 4.86. The molecule has 1 saturated carbocycles. The summed E-state index contributed by atoms with van der Waals surface area (Å²) in [5.74, 6) is -1.22. The second kappa shape index (κ2) is 6.49. The minimum Gasteiger partial charge on any atom is -0.312 e. The summed E-state index contributed by atoms with van der Waals surface area (Å²) < 4.78 is 0. The van der Waals surface area contributed by atoms with E-state index in [2.05, 4.69) is 16.0 Å². The van der Waals surface area contributed by atoms with Crippen LogP contribution in [-0.4, -0.2) is 53.2 Å². The molecule has 28 heavy (non-hydrogen) atoms. The third kappa shape index (κ3) is 2.67. The van der Waals surface area contributed by atoms with Crippen molar-refractivity contribution in [3.05, 3.63) is 34.9 Å². The largest absolute Gasteiger partial charge is 0.312 e. The predicted octanol–water partition coefficient (Wildman–Crippen LogP) is -0.0722. The third-order valence-electron chi connectivity index (χ3n) is 6.35. The molecule has 4 unspecified atom stereocenters. The van der Waals surface area contributed by atoms with Crippen molar-refractivity contribution in [3.8, 4) is 0 Å². The zero-order valence-electron chi connectivity index (χ0n) is 15.4. The van der Waals surface area contributed by atoms with E-state index in [0.717, 1.165) is 17.0 Å². The van der Waals surface area contributed by atoms with E-state index >= 15 is 0 Å². The lowest BCUT2D eigenvalue weighted by Gasteiger charge is -2.27. The van der Waals surface area contributed by atoms with Gasteiger partial charge in [0.25, 0.3) is 11.8 Å². The van der Waals surface area contributed by atoms with Gasteiger partial charge in [0.15, 0.2) is 0 Å². The smallest absolute Gasteiger partial charge is 0.262 e. The van der Waals surface area contributed by atoms with Crippen LogP contribution in [0.15, 0.2) is 18.2 Å². The van der Waals surface area contributed by atoms with E-state index in [9.17, 15) is 19.2 Å². The Bertz CT molecular complexity index is 886. The average molecular weight is 382 g/mol. The van der Waals surface area contributed by atoms with Crippen molar-refractivity contribution in [2.45, 2.75) is 50.4 Å². The molecule has 1 aromatic carbocycles. The molecular formula is C20H22N4O4. The van der Waals surface area contributed by atoms with Gasteiger partial charge in [-0.3, -0.25) is 29.4 Å². The highest BCUT2D eigenvalue weighted by Gasteiger charge is 2.51. The van der Waals surface area contributed by atoms with Crippen molar-refractivity contribution in [1.29, 1.82) is 0 Å². The maximum Gasteiger partial charge on any atom is 0.262 e. The van der Waals surface area contributed by atoms with Gasteiger partial charge in [-0.25, -0.2) is 0 Å². The second-order valence-corrected chi connectivity index (χ2v) is 7.98. The highest BCUT2D eigenvalue weighted by molar-refractivity contribution is 6.24. The topological polar surface area (TPSA) is 108 Å². The summed E-state index contributed by atoms with van der Waals surface area (Å²) >= 11 is 0. The van der Waals surface area contributed by atoms with Crippen LogP contribution in [0.25, 0.3) is 0 Å². The van der Waals surface area contributed by atoms with Crippen LogP contribution in [0, 0.1) is 5.92 Å². The molecule has 8 heteroatoms. The van der Waals surface area contributed by atoms with Gasteiger partial charge in [-0.1, -0.05) is 12.1 Å². The summed E-state index contributed by atoms with van der Waals surface area (Å²) in [5, 5.41) is 9.25. The number of hydrogen-bond donors (Lipinski definition) is 3. The van der Waals surface area contributed by atoms with Crippen LogP contribution in [0.2, 0.25) is 0 Å². The van der Waals surface area contributed by atoms with Gasteiger partial charge in [0.05, 0.1) is 11.1 Å². The fraction of sp³-hybridized carbons (Fsp3) is 0.500. The molecule has 1 aromatic rings. The van der Waals surface area contributed by atoms with E-state index in [1.807, 2.05) is 6.07 Å². The van der Waals surface area contributed by atoms with Crippen molar-refractivity contribution >= 4 is 23.6 Å². The fourth-order valence-electron chi connectivity index (χ4n) is 4.86. The number of nitrogens with one attached hydrogen (secondary N) is 3. The number of rotatable bonds is 4. The van der Waals surface area contributed by atoms with Gasteiger partial charge in [0.2, 0.25) is 11.8 Å². The summed E-state index contributed by atoms with van der Waals surface area (Å²) in [5.41, 5.74) is 1.48. The van der Waals surface area contributed by atoms with Crippen LogP contribution in [0.5, 0.6) is 0 Å². The summed E-state index contributed by atoms with van der Waals surface area (Å²) in [6, 6.07) is 5.22. The molecule has 4 atom stereocenters. The average Bonchev–Trinajstić information content (AvgIpc) is 3.34. The van der Waals surface area contributed by atoms with Gasteiger partial charge in [-0.15, -0.1) is 0 Å². The number of carbonyl (C=O) groups is 4. The minimum atomic E-state index is -0.929. The number of amides is 4. The van der Waals surface area contributed by atoms with Gasteiger partial charge in [-0.05, 0) is 43.4 Å². The zero-order chi connectivity index (χ0) is 19.4. The van der Waals surface area contributed by atoms with E-state index in [1.165, 1.54) is 12.8 Å². The lowest BCUT2D eigenvalue weighted by Crippen LogP contribution is -2.54. The quantitative estimate of drug-likeness (QED) is 0.629. The van der Waals surface area contributed by atoms with E-state index in [1.54, 1.807) is 12.1 Å². The highest BCUT2D eigenvalue weighted by Crippen LogP contribution is 2.38. The van der Waals surface area contributed by atoms with E-state index < -0.39 is 23.8 Å². The van der Waals surface area contributed by atoms with E-state index in [4.69, 9.17) is 0 Å². The molecular weight excluding hydrogens is 360 g/mol. The van der Waals surface area contributed by atoms with Crippen molar-refractivity contribution in [2.24, 2.45) is 5.92 Å². The lowest BCUT2D eigenvalue weighted by atomic mass is 10.0. The second-order valence-electron chi connectivity index (χ2n) is 7.98. The van der Waals surface area contributed by atoms with Crippen LogP contribution in [0.3, 0.4) is 0 Å². The van der Waals surface area contributed by atoms with Gasteiger partial charge in [0.1, 0.15) is 6.04 Å². The maximum atomic E-state index is 13.1. The normalized spacial score (nSPS) is 31.5. The standard InChI is InChI=1S/C20H22N4O4/c25-14-7-6-13(18(26)23-14)24-19(27)11-4-1-3-10(15(11)20(24)28)9-22-17-12-5-2-8-21-16(12)17/h1,3-4,12-13,16-17,21-22H,2,5-9H2,(H,23,25,26). The third-order valence-corrected chi connectivity index (χ3v) is 6.35. The molecule has 3 aliphatic heterocycles. The van der Waals surface area contributed by atoms with Crippen molar-refractivity contribution in [2.75, 3.05) is 6.54 Å². The van der Waals surface area contributed by atoms with E-state index in [0.29, 0.717) is 35.7 Å². The molecule has 0 radical (unpaired) electrons. The first kappa shape index (κ1) is 17.5. The molecule has 3 heterocycles. The van der Waals surface area contributed by atoms with Crippen molar-refractivity contribution < 1.29 is 19.2 Å². The van der Waals surface area contributed by atoms with Crippen molar-refractivity contribution in [1.82, 2.24) is 20.9 Å². The Morgan fingerprint density at radius 3 is 2.71 bits per heavy atom. The van der Waals surface area contributed by atoms with Gasteiger partial charge in [-0.2, -0.15) is 0 Å². The summed E-state index contributed by atoms with van der Waals surface area (Å²) in [4.78, 5) is 50.5. The van der Waals surface area contributed by atoms with Crippen LogP contribution >= 0.6 is 0 Å². The number of hydrogen-bond acceptors (Lipinski definition) is 6. The Kier molecular flexibility index (Phi) is 4.06. The SMILES string of the molecule is O=C1CCC(N2C(=O)c3cccc(CNC4C5CCCNC54)c3C2=O)C(=O)N1.